The standard InChI is InChI=1S/C21H34N4O2S/c1-4-14-28(26,27)25-12-10-17(11-13-25)23-21(22-5-2)24-20-15-19(20)18-9-7-6-8-16(18)3/h6-9,17,19-20H,4-5,10-15H2,1-3H3,(H2,22,23,24). The van der Waals surface area contributed by atoms with E-state index in [2.05, 4.69) is 46.8 Å². The molecular formula is C21H34N4O2S. The normalized spacial score (nSPS) is 24.2. The quantitative estimate of drug-likeness (QED) is 0.539. The smallest absolute Gasteiger partial charge is 0.214 e. The molecule has 3 rings (SSSR count). The Kier molecular flexibility index (Phi) is 6.99. The fraction of sp³-hybridized carbons (Fsp3) is 0.667. The van der Waals surface area contributed by atoms with E-state index in [0.29, 0.717) is 31.5 Å². The van der Waals surface area contributed by atoms with Crippen LogP contribution >= 0.6 is 0 Å². The van der Waals surface area contributed by atoms with Crippen molar-refractivity contribution in [3.63, 3.8) is 0 Å². The topological polar surface area (TPSA) is 73.8 Å². The molecule has 0 amide bonds. The molecule has 156 valence electrons. The summed E-state index contributed by atoms with van der Waals surface area (Å²) in [5.74, 6) is 1.65. The third-order valence-corrected chi connectivity index (χ3v) is 7.74. The van der Waals surface area contributed by atoms with Gasteiger partial charge in [0.15, 0.2) is 5.96 Å². The molecule has 0 bridgehead atoms. The van der Waals surface area contributed by atoms with E-state index in [1.54, 1.807) is 4.31 Å². The molecular weight excluding hydrogens is 372 g/mol. The lowest BCUT2D eigenvalue weighted by Crippen LogP contribution is -2.50. The molecule has 1 heterocycles. The molecule has 1 saturated heterocycles. The number of rotatable bonds is 7. The van der Waals surface area contributed by atoms with Gasteiger partial charge in [0.25, 0.3) is 0 Å². The monoisotopic (exact) mass is 406 g/mol. The Bertz CT molecular complexity index is 785. The van der Waals surface area contributed by atoms with Crippen molar-refractivity contribution >= 4 is 16.0 Å². The van der Waals surface area contributed by atoms with Crippen LogP contribution in [-0.2, 0) is 10.0 Å². The van der Waals surface area contributed by atoms with Crippen LogP contribution in [0.2, 0.25) is 0 Å². The summed E-state index contributed by atoms with van der Waals surface area (Å²) < 4.78 is 26.1. The van der Waals surface area contributed by atoms with Gasteiger partial charge in [-0.3, -0.25) is 4.99 Å². The predicted octanol–water partition coefficient (Wildman–Crippen LogP) is 2.61. The summed E-state index contributed by atoms with van der Waals surface area (Å²) in [6, 6.07) is 9.27. The highest BCUT2D eigenvalue weighted by molar-refractivity contribution is 7.89. The number of sulfonamides is 1. The number of hydrogen-bond donors (Lipinski definition) is 2. The summed E-state index contributed by atoms with van der Waals surface area (Å²) in [4.78, 5) is 4.61. The van der Waals surface area contributed by atoms with Crippen molar-refractivity contribution in [2.75, 3.05) is 25.4 Å². The highest BCUT2D eigenvalue weighted by Crippen LogP contribution is 2.42. The fourth-order valence-electron chi connectivity index (χ4n) is 4.03. The van der Waals surface area contributed by atoms with Crippen molar-refractivity contribution in [3.8, 4) is 0 Å². The molecule has 1 aliphatic carbocycles. The van der Waals surface area contributed by atoms with Crippen LogP contribution in [0, 0.1) is 6.92 Å². The van der Waals surface area contributed by atoms with Crippen LogP contribution in [0.1, 0.15) is 56.6 Å². The predicted molar refractivity (Wildman–Crippen MR) is 115 cm³/mol. The second-order valence-corrected chi connectivity index (χ2v) is 9.99. The average Bonchev–Trinajstić information content (AvgIpc) is 3.41. The molecule has 2 atom stereocenters. The van der Waals surface area contributed by atoms with Crippen molar-refractivity contribution in [1.82, 2.24) is 14.9 Å². The number of hydrogen-bond acceptors (Lipinski definition) is 3. The third-order valence-electron chi connectivity index (χ3n) is 5.67. The number of nitrogens with zero attached hydrogens (tertiary/aromatic N) is 2. The van der Waals surface area contributed by atoms with Crippen LogP contribution in [0.3, 0.4) is 0 Å². The Morgan fingerprint density at radius 3 is 2.54 bits per heavy atom. The summed E-state index contributed by atoms with van der Waals surface area (Å²) in [5.41, 5.74) is 2.77. The number of benzene rings is 1. The maximum absolute atomic E-state index is 12.2. The first-order valence-electron chi connectivity index (χ1n) is 10.6. The van der Waals surface area contributed by atoms with Crippen LogP contribution in [0.25, 0.3) is 0 Å². The number of piperidine rings is 1. The zero-order valence-electron chi connectivity index (χ0n) is 17.3. The van der Waals surface area contributed by atoms with Crippen LogP contribution in [0.15, 0.2) is 29.3 Å². The molecule has 2 aliphatic rings. The Morgan fingerprint density at radius 2 is 1.89 bits per heavy atom. The molecule has 28 heavy (non-hydrogen) atoms. The van der Waals surface area contributed by atoms with E-state index in [1.165, 1.54) is 11.1 Å². The van der Waals surface area contributed by atoms with E-state index in [1.807, 2.05) is 13.8 Å². The second-order valence-electron chi connectivity index (χ2n) is 7.91. The summed E-state index contributed by atoms with van der Waals surface area (Å²) in [6.45, 7) is 8.02. The number of aryl methyl sites for hydroxylation is 1. The van der Waals surface area contributed by atoms with Gasteiger partial charge in [0.1, 0.15) is 0 Å². The van der Waals surface area contributed by atoms with E-state index in [9.17, 15) is 8.42 Å². The highest BCUT2D eigenvalue weighted by Gasteiger charge is 2.40. The van der Waals surface area contributed by atoms with Gasteiger partial charge in [-0.25, -0.2) is 12.7 Å². The first kappa shape index (κ1) is 21.1. The molecule has 2 unspecified atom stereocenters. The molecule has 7 heteroatoms. The molecule has 0 radical (unpaired) electrons. The van der Waals surface area contributed by atoms with Gasteiger partial charge in [0.2, 0.25) is 10.0 Å². The lowest BCUT2D eigenvalue weighted by atomic mass is 10.0. The molecule has 1 aromatic carbocycles. The minimum Gasteiger partial charge on any atom is -0.354 e. The molecule has 2 fully saturated rings. The third kappa shape index (κ3) is 5.26. The first-order chi connectivity index (χ1) is 13.4. The zero-order chi connectivity index (χ0) is 20.1. The lowest BCUT2D eigenvalue weighted by molar-refractivity contribution is 0.306. The molecule has 2 N–H and O–H groups in total. The largest absolute Gasteiger partial charge is 0.354 e. The lowest BCUT2D eigenvalue weighted by Gasteiger charge is -2.32. The summed E-state index contributed by atoms with van der Waals surface area (Å²) in [7, 11) is -3.09. The van der Waals surface area contributed by atoms with Gasteiger partial charge in [-0.1, -0.05) is 31.2 Å². The Balaban J connectivity index is 1.52. The first-order valence-corrected chi connectivity index (χ1v) is 12.2. The van der Waals surface area contributed by atoms with Crippen molar-refractivity contribution in [2.24, 2.45) is 4.99 Å². The van der Waals surface area contributed by atoms with Gasteiger partial charge >= 0.3 is 0 Å². The molecule has 0 spiro atoms. The maximum atomic E-state index is 12.2. The van der Waals surface area contributed by atoms with Crippen molar-refractivity contribution in [1.29, 1.82) is 0 Å². The van der Waals surface area contributed by atoms with Gasteiger partial charge in [-0.05, 0) is 50.7 Å². The molecule has 1 saturated carbocycles. The van der Waals surface area contributed by atoms with Gasteiger partial charge in [-0.15, -0.1) is 0 Å². The summed E-state index contributed by atoms with van der Waals surface area (Å²) in [6.07, 6.45) is 3.43. The van der Waals surface area contributed by atoms with Gasteiger partial charge in [-0.2, -0.15) is 0 Å². The Morgan fingerprint density at radius 1 is 1.18 bits per heavy atom. The summed E-state index contributed by atoms with van der Waals surface area (Å²) in [5, 5.41) is 7.12. The number of aliphatic imine (C=N–C) groups is 1. The van der Waals surface area contributed by atoms with Crippen molar-refractivity contribution in [3.05, 3.63) is 35.4 Å². The number of nitrogens with one attached hydrogen (secondary N) is 2. The SMILES string of the molecule is CCCS(=O)(=O)N1CCC(NC(=NCC)NC2CC2c2ccccc2C)CC1. The second kappa shape index (κ2) is 9.27. The minimum atomic E-state index is -3.09. The van der Waals surface area contributed by atoms with E-state index in [4.69, 9.17) is 0 Å². The molecule has 1 aromatic rings. The van der Waals surface area contributed by atoms with E-state index in [-0.39, 0.29) is 11.8 Å². The maximum Gasteiger partial charge on any atom is 0.214 e. The van der Waals surface area contributed by atoms with Crippen molar-refractivity contribution in [2.45, 2.75) is 64.5 Å². The van der Waals surface area contributed by atoms with Gasteiger partial charge in [0, 0.05) is 37.6 Å². The molecule has 0 aromatic heterocycles. The summed E-state index contributed by atoms with van der Waals surface area (Å²) >= 11 is 0. The molecule has 1 aliphatic heterocycles. The number of guanidine groups is 1. The minimum absolute atomic E-state index is 0.247. The fourth-order valence-corrected chi connectivity index (χ4v) is 5.57. The van der Waals surface area contributed by atoms with Crippen LogP contribution in [-0.4, -0.2) is 56.2 Å². The Labute approximate surface area is 169 Å². The van der Waals surface area contributed by atoms with Crippen LogP contribution < -0.4 is 10.6 Å². The van der Waals surface area contributed by atoms with Crippen molar-refractivity contribution < 1.29 is 8.42 Å². The highest BCUT2D eigenvalue weighted by atomic mass is 32.2. The van der Waals surface area contributed by atoms with E-state index < -0.39 is 10.0 Å². The molecule has 6 nitrogen and oxygen atoms in total. The van der Waals surface area contributed by atoms with E-state index >= 15 is 0 Å². The van der Waals surface area contributed by atoms with Crippen LogP contribution in [0.4, 0.5) is 0 Å². The van der Waals surface area contributed by atoms with Crippen LogP contribution in [0.5, 0.6) is 0 Å². The van der Waals surface area contributed by atoms with E-state index in [0.717, 1.165) is 31.8 Å². The average molecular weight is 407 g/mol. The van der Waals surface area contributed by atoms with Gasteiger partial charge in [0.05, 0.1) is 5.75 Å². The Hall–Kier alpha value is -1.60. The zero-order valence-corrected chi connectivity index (χ0v) is 18.1. The van der Waals surface area contributed by atoms with Gasteiger partial charge < -0.3 is 10.6 Å².